The van der Waals surface area contributed by atoms with Crippen molar-refractivity contribution in [3.05, 3.63) is 71.8 Å². The molecular formula is C29H35N5O5S. The van der Waals surface area contributed by atoms with Gasteiger partial charge in [0.05, 0.1) is 18.1 Å². The standard InChI is InChI=1S/C29H35N5O5S/c1-3-27(29(35)36)40(37,38)34(18-20-4-5-21-6-7-22(28(31)32)17-23(21)16-20)24-8-10-25(11-9-24)39-26-12-14-33(15-13-26)19(2)30/h4-11,16-17,26-27,30H,3,12-15,18H2,1-2H3,(H3,31,32)(H,35,36). The predicted octanol–water partition coefficient (Wildman–Crippen LogP) is 4.16. The molecule has 1 aliphatic rings. The lowest BCUT2D eigenvalue weighted by molar-refractivity contribution is -0.136. The van der Waals surface area contributed by atoms with Crippen molar-refractivity contribution in [1.29, 1.82) is 10.8 Å². The summed E-state index contributed by atoms with van der Waals surface area (Å²) < 4.78 is 34.6. The Morgan fingerprint density at radius 2 is 1.73 bits per heavy atom. The number of nitrogens with zero attached hydrogens (tertiary/aromatic N) is 2. The molecule has 5 N–H and O–H groups in total. The van der Waals surface area contributed by atoms with E-state index in [1.807, 2.05) is 23.1 Å². The van der Waals surface area contributed by atoms with E-state index in [2.05, 4.69) is 0 Å². The van der Waals surface area contributed by atoms with Gasteiger partial charge in [0.25, 0.3) is 0 Å². The van der Waals surface area contributed by atoms with Crippen LogP contribution < -0.4 is 14.8 Å². The molecule has 0 radical (unpaired) electrons. The molecule has 1 aliphatic heterocycles. The average Bonchev–Trinajstić information content (AvgIpc) is 2.92. The van der Waals surface area contributed by atoms with Crippen LogP contribution >= 0.6 is 0 Å². The maximum atomic E-state index is 13.7. The number of nitrogens with two attached hydrogens (primary N) is 1. The number of piperidine rings is 1. The molecule has 1 atom stereocenters. The maximum Gasteiger partial charge on any atom is 0.323 e. The minimum absolute atomic E-state index is 0.00439. The van der Waals surface area contributed by atoms with Gasteiger partial charge in [-0.05, 0) is 66.1 Å². The van der Waals surface area contributed by atoms with E-state index in [0.717, 1.165) is 41.0 Å². The number of hydrogen-bond acceptors (Lipinski definition) is 6. The van der Waals surface area contributed by atoms with Crippen LogP contribution in [0.4, 0.5) is 5.69 Å². The van der Waals surface area contributed by atoms with Crippen LogP contribution in [-0.2, 0) is 21.4 Å². The number of carboxylic acids is 1. The molecule has 1 fully saturated rings. The van der Waals surface area contributed by atoms with Gasteiger partial charge in [0, 0.05) is 31.5 Å². The van der Waals surface area contributed by atoms with Gasteiger partial charge in [-0.3, -0.25) is 19.9 Å². The van der Waals surface area contributed by atoms with Crippen LogP contribution in [0.3, 0.4) is 0 Å². The fourth-order valence-corrected chi connectivity index (χ4v) is 6.64. The summed E-state index contributed by atoms with van der Waals surface area (Å²) in [6.45, 7) is 4.73. The van der Waals surface area contributed by atoms with Gasteiger partial charge in [-0.15, -0.1) is 0 Å². The number of hydrogen-bond donors (Lipinski definition) is 4. The van der Waals surface area contributed by atoms with Crippen molar-refractivity contribution in [3.63, 3.8) is 0 Å². The molecule has 212 valence electrons. The van der Waals surface area contributed by atoms with Crippen LogP contribution in [0.2, 0.25) is 0 Å². The van der Waals surface area contributed by atoms with Crippen molar-refractivity contribution >= 4 is 44.1 Å². The number of carboxylic acid groups (broad SMARTS) is 1. The van der Waals surface area contributed by atoms with Crippen LogP contribution in [0.5, 0.6) is 5.75 Å². The average molecular weight is 566 g/mol. The topological polar surface area (TPSA) is 161 Å². The minimum Gasteiger partial charge on any atom is -0.490 e. The fourth-order valence-electron chi connectivity index (χ4n) is 4.91. The Bertz CT molecular complexity index is 1520. The second-order valence-corrected chi connectivity index (χ2v) is 12.0. The molecule has 3 aromatic rings. The number of anilines is 1. The van der Waals surface area contributed by atoms with Crippen LogP contribution in [0.1, 0.15) is 44.2 Å². The molecule has 0 saturated carbocycles. The molecule has 0 spiro atoms. The Morgan fingerprint density at radius 1 is 1.07 bits per heavy atom. The number of sulfonamides is 1. The molecule has 0 aromatic heterocycles. The summed E-state index contributed by atoms with van der Waals surface area (Å²) >= 11 is 0. The van der Waals surface area contributed by atoms with Crippen LogP contribution in [0, 0.1) is 10.8 Å². The Hall–Kier alpha value is -4.12. The van der Waals surface area contributed by atoms with Crippen molar-refractivity contribution < 1.29 is 23.1 Å². The molecule has 1 heterocycles. The van der Waals surface area contributed by atoms with E-state index < -0.39 is 21.2 Å². The Morgan fingerprint density at radius 3 is 2.30 bits per heavy atom. The highest BCUT2D eigenvalue weighted by Crippen LogP contribution is 2.29. The summed E-state index contributed by atoms with van der Waals surface area (Å²) in [6, 6.07) is 17.5. The number of rotatable bonds is 10. The highest BCUT2D eigenvalue weighted by Gasteiger charge is 2.36. The van der Waals surface area contributed by atoms with Gasteiger partial charge in [0.1, 0.15) is 17.7 Å². The third kappa shape index (κ3) is 6.36. The molecule has 0 bridgehead atoms. The molecule has 1 saturated heterocycles. The van der Waals surface area contributed by atoms with Crippen LogP contribution in [0.25, 0.3) is 10.8 Å². The minimum atomic E-state index is -4.28. The van der Waals surface area contributed by atoms with Crippen molar-refractivity contribution in [2.45, 2.75) is 51.0 Å². The van der Waals surface area contributed by atoms with Gasteiger partial charge >= 0.3 is 5.97 Å². The SMILES string of the molecule is CCC(C(=O)O)S(=O)(=O)N(Cc1ccc2ccc(C(=N)N)cc2c1)c1ccc(OC2CCN(C(C)=N)CC2)cc1. The predicted molar refractivity (Wildman–Crippen MR) is 157 cm³/mol. The summed E-state index contributed by atoms with van der Waals surface area (Å²) in [5.74, 6) is -0.328. The van der Waals surface area contributed by atoms with Crippen LogP contribution in [-0.4, -0.2) is 60.5 Å². The highest BCUT2D eigenvalue weighted by atomic mass is 32.2. The summed E-state index contributed by atoms with van der Waals surface area (Å²) in [4.78, 5) is 13.9. The molecule has 11 heteroatoms. The zero-order chi connectivity index (χ0) is 29.0. The second kappa shape index (κ2) is 12.0. The fraction of sp³-hybridized carbons (Fsp3) is 0.345. The number of aliphatic carboxylic acids is 1. The van der Waals surface area contributed by atoms with E-state index in [1.165, 1.54) is 6.92 Å². The summed E-state index contributed by atoms with van der Waals surface area (Å²) in [5.41, 5.74) is 7.19. The normalized spacial score (nSPS) is 15.0. The lowest BCUT2D eigenvalue weighted by Gasteiger charge is -2.33. The van der Waals surface area contributed by atoms with Gasteiger partial charge in [-0.1, -0.05) is 31.2 Å². The molecule has 40 heavy (non-hydrogen) atoms. The largest absolute Gasteiger partial charge is 0.490 e. The van der Waals surface area contributed by atoms with E-state index in [0.29, 0.717) is 28.4 Å². The quantitative estimate of drug-likeness (QED) is 0.212. The van der Waals surface area contributed by atoms with E-state index in [9.17, 15) is 18.3 Å². The van der Waals surface area contributed by atoms with Crippen molar-refractivity contribution in [1.82, 2.24) is 4.90 Å². The number of likely N-dealkylation sites (tertiary alicyclic amines) is 1. The first-order valence-corrected chi connectivity index (χ1v) is 14.7. The molecule has 3 aromatic carbocycles. The highest BCUT2D eigenvalue weighted by molar-refractivity contribution is 7.94. The molecule has 4 rings (SSSR count). The molecule has 0 aliphatic carbocycles. The lowest BCUT2D eigenvalue weighted by Crippen LogP contribution is -2.42. The van der Waals surface area contributed by atoms with Gasteiger partial charge in [0.2, 0.25) is 10.0 Å². The number of fused-ring (bicyclic) bond motifs is 1. The second-order valence-electron chi connectivity index (χ2n) is 9.98. The Balaban J connectivity index is 1.62. The van der Waals surface area contributed by atoms with Crippen LogP contribution in [0.15, 0.2) is 60.7 Å². The molecule has 10 nitrogen and oxygen atoms in total. The summed E-state index contributed by atoms with van der Waals surface area (Å²) in [7, 11) is -4.28. The Kier molecular flexibility index (Phi) is 8.63. The summed E-state index contributed by atoms with van der Waals surface area (Å²) in [5, 5.41) is 25.3. The molecule has 1 unspecified atom stereocenters. The number of ether oxygens (including phenoxy) is 1. The van der Waals surface area contributed by atoms with E-state index in [1.54, 1.807) is 49.4 Å². The summed E-state index contributed by atoms with van der Waals surface area (Å²) in [6.07, 6.45) is 1.48. The number of nitrogens with one attached hydrogen (secondary N) is 2. The van der Waals surface area contributed by atoms with E-state index in [-0.39, 0.29) is 24.9 Å². The van der Waals surface area contributed by atoms with Gasteiger partial charge < -0.3 is 20.5 Å². The molecular weight excluding hydrogens is 530 g/mol. The zero-order valence-corrected chi connectivity index (χ0v) is 23.4. The van der Waals surface area contributed by atoms with Gasteiger partial charge in [-0.2, -0.15) is 0 Å². The first kappa shape index (κ1) is 28.9. The lowest BCUT2D eigenvalue weighted by atomic mass is 10.0. The first-order chi connectivity index (χ1) is 19.0. The third-order valence-corrected chi connectivity index (χ3v) is 9.41. The van der Waals surface area contributed by atoms with Crippen molar-refractivity contribution in [3.8, 4) is 5.75 Å². The monoisotopic (exact) mass is 565 g/mol. The number of benzene rings is 3. The Labute approximate surface area is 234 Å². The molecule has 0 amide bonds. The third-order valence-electron chi connectivity index (χ3n) is 7.20. The van der Waals surface area contributed by atoms with Crippen molar-refractivity contribution in [2.75, 3.05) is 17.4 Å². The smallest absolute Gasteiger partial charge is 0.323 e. The van der Waals surface area contributed by atoms with Crippen molar-refractivity contribution in [2.24, 2.45) is 5.73 Å². The van der Waals surface area contributed by atoms with E-state index in [4.69, 9.17) is 21.3 Å². The van der Waals surface area contributed by atoms with E-state index >= 15 is 0 Å². The number of carbonyl (C=O) groups is 1. The van der Waals surface area contributed by atoms with Gasteiger partial charge in [-0.25, -0.2) is 8.42 Å². The maximum absolute atomic E-state index is 13.7. The first-order valence-electron chi connectivity index (χ1n) is 13.2. The number of nitrogen functional groups attached to an aromatic ring is 1. The zero-order valence-electron chi connectivity index (χ0n) is 22.6. The van der Waals surface area contributed by atoms with Gasteiger partial charge in [0.15, 0.2) is 5.25 Å². The number of amidine groups is 2.